The van der Waals surface area contributed by atoms with Gasteiger partial charge in [-0.1, -0.05) is 52.6 Å². The highest BCUT2D eigenvalue weighted by Gasteiger charge is 2.13. The first-order chi connectivity index (χ1) is 12.4. The Balaban J connectivity index is 2.13. The Morgan fingerprint density at radius 3 is 2.42 bits per heavy atom. The molecule has 4 nitrogen and oxygen atoms in total. The third-order valence-corrected chi connectivity index (χ3v) is 5.56. The van der Waals surface area contributed by atoms with Gasteiger partial charge in [0.1, 0.15) is 0 Å². The fourth-order valence-corrected chi connectivity index (χ4v) is 3.94. The van der Waals surface area contributed by atoms with Crippen molar-refractivity contribution in [3.63, 3.8) is 0 Å². The molecule has 1 amide bonds. The molecular formula is C19H12Cl2N2O2S. The molecule has 0 aliphatic rings. The van der Waals surface area contributed by atoms with Crippen LogP contribution in [0, 0.1) is 12.3 Å². The molecule has 1 aromatic heterocycles. The number of hydrogen-bond acceptors (Lipinski definition) is 3. The van der Waals surface area contributed by atoms with Gasteiger partial charge in [0.25, 0.3) is 5.91 Å². The average molecular weight is 403 g/mol. The van der Waals surface area contributed by atoms with E-state index in [0.29, 0.717) is 31.5 Å². The van der Waals surface area contributed by atoms with E-state index in [-0.39, 0.29) is 12.3 Å². The molecule has 2 aromatic carbocycles. The molecule has 3 aromatic rings. The Bertz CT molecular complexity index is 1140. The summed E-state index contributed by atoms with van der Waals surface area (Å²) in [4.78, 5) is 28.5. The highest BCUT2D eigenvalue weighted by atomic mass is 35.5. The number of halogens is 2. The van der Waals surface area contributed by atoms with Crippen molar-refractivity contribution in [2.24, 2.45) is 4.99 Å². The fourth-order valence-electron chi connectivity index (χ4n) is 2.43. The van der Waals surface area contributed by atoms with Crippen LogP contribution < -0.4 is 4.80 Å². The second-order valence-corrected chi connectivity index (χ2v) is 7.23. The van der Waals surface area contributed by atoms with Crippen molar-refractivity contribution in [3.8, 4) is 12.3 Å². The molecule has 1 heterocycles. The molecule has 7 heteroatoms. The number of amides is 1. The summed E-state index contributed by atoms with van der Waals surface area (Å²) in [6.07, 6.45) is 5.45. The van der Waals surface area contributed by atoms with Crippen molar-refractivity contribution in [1.29, 1.82) is 0 Å². The van der Waals surface area contributed by atoms with Crippen LogP contribution >= 0.6 is 34.5 Å². The smallest absolute Gasteiger partial charge is 0.279 e. The van der Waals surface area contributed by atoms with E-state index in [1.165, 1.54) is 18.3 Å². The molecule has 0 bridgehead atoms. The average Bonchev–Trinajstić information content (AvgIpc) is 2.96. The van der Waals surface area contributed by atoms with Gasteiger partial charge in [-0.25, -0.2) is 0 Å². The van der Waals surface area contributed by atoms with E-state index in [2.05, 4.69) is 10.9 Å². The summed E-state index contributed by atoms with van der Waals surface area (Å²) in [5, 5.41) is 0.774. The summed E-state index contributed by atoms with van der Waals surface area (Å²) >= 11 is 13.7. The van der Waals surface area contributed by atoms with Gasteiger partial charge in [-0.2, -0.15) is 4.99 Å². The monoisotopic (exact) mass is 402 g/mol. The fraction of sp³-hybridized carbons (Fsp3) is 0.105. The number of carbonyl (C=O) groups excluding carboxylic acids is 2. The minimum absolute atomic E-state index is 0.0659. The molecule has 130 valence electrons. The second kappa shape index (κ2) is 7.46. The molecule has 0 fully saturated rings. The maximum absolute atomic E-state index is 12.5. The van der Waals surface area contributed by atoms with Gasteiger partial charge in [0.05, 0.1) is 26.8 Å². The number of Topliss-reactive ketones (excluding diaryl/α,β-unsaturated/α-hetero) is 1. The zero-order valence-electron chi connectivity index (χ0n) is 13.6. The van der Waals surface area contributed by atoms with Crippen LogP contribution in [0.25, 0.3) is 10.2 Å². The maximum atomic E-state index is 12.5. The van der Waals surface area contributed by atoms with Gasteiger partial charge in [-0.3, -0.25) is 9.59 Å². The van der Waals surface area contributed by atoms with Crippen LogP contribution in [0.3, 0.4) is 0 Å². The van der Waals surface area contributed by atoms with Crippen molar-refractivity contribution < 1.29 is 9.59 Å². The van der Waals surface area contributed by atoms with Gasteiger partial charge in [0, 0.05) is 11.1 Å². The first-order valence-corrected chi connectivity index (χ1v) is 9.10. The lowest BCUT2D eigenvalue weighted by Gasteiger charge is -2.03. The van der Waals surface area contributed by atoms with E-state index in [1.807, 2.05) is 6.07 Å². The highest BCUT2D eigenvalue weighted by Crippen LogP contribution is 2.32. The van der Waals surface area contributed by atoms with Crippen molar-refractivity contribution in [1.82, 2.24) is 4.57 Å². The van der Waals surface area contributed by atoms with Gasteiger partial charge in [0.2, 0.25) is 0 Å². The van der Waals surface area contributed by atoms with E-state index >= 15 is 0 Å². The van der Waals surface area contributed by atoms with Crippen LogP contribution in [0.4, 0.5) is 0 Å². The zero-order chi connectivity index (χ0) is 18.8. The minimum atomic E-state index is -0.431. The molecule has 26 heavy (non-hydrogen) atoms. The number of benzene rings is 2. The van der Waals surface area contributed by atoms with Crippen LogP contribution in [0.2, 0.25) is 10.0 Å². The molecule has 0 unspecified atom stereocenters. The molecule has 0 aliphatic heterocycles. The SMILES string of the molecule is C#CCn1c(=NC(=O)c2ccc(C(C)=O)cc2)sc2ccc(Cl)c(Cl)c21. The van der Waals surface area contributed by atoms with Crippen molar-refractivity contribution in [3.05, 3.63) is 62.4 Å². The van der Waals surface area contributed by atoms with Gasteiger partial charge in [-0.15, -0.1) is 6.42 Å². The standard InChI is InChI=1S/C19H12Cl2N2O2S/c1-3-10-23-17-15(9-8-14(20)16(17)21)26-19(23)22-18(25)13-6-4-12(5-7-13)11(2)24/h1,4-9H,10H2,2H3. The number of terminal acetylenes is 1. The Morgan fingerprint density at radius 2 is 1.81 bits per heavy atom. The molecule has 0 N–H and O–H groups in total. The predicted octanol–water partition coefficient (Wildman–Crippen LogP) is 4.59. The van der Waals surface area contributed by atoms with E-state index in [0.717, 1.165) is 4.70 Å². The maximum Gasteiger partial charge on any atom is 0.279 e. The number of thiazole rings is 1. The van der Waals surface area contributed by atoms with Crippen molar-refractivity contribution >= 4 is 56.4 Å². The van der Waals surface area contributed by atoms with Crippen LogP contribution in [-0.4, -0.2) is 16.3 Å². The first-order valence-electron chi connectivity index (χ1n) is 7.53. The summed E-state index contributed by atoms with van der Waals surface area (Å²) in [6, 6.07) is 9.85. The molecule has 3 rings (SSSR count). The summed E-state index contributed by atoms with van der Waals surface area (Å²) in [5.74, 6) is 2.04. The molecule has 0 spiro atoms. The van der Waals surface area contributed by atoms with E-state index < -0.39 is 5.91 Å². The Hall–Kier alpha value is -2.39. The van der Waals surface area contributed by atoms with Gasteiger partial charge < -0.3 is 4.57 Å². The summed E-state index contributed by atoms with van der Waals surface area (Å²) < 4.78 is 2.52. The second-order valence-electron chi connectivity index (χ2n) is 5.43. The third kappa shape index (κ3) is 3.45. The lowest BCUT2D eigenvalue weighted by atomic mass is 10.1. The topological polar surface area (TPSA) is 51.4 Å². The van der Waals surface area contributed by atoms with Crippen LogP contribution in [-0.2, 0) is 6.54 Å². The van der Waals surface area contributed by atoms with E-state index in [9.17, 15) is 9.59 Å². The van der Waals surface area contributed by atoms with Crippen LogP contribution in [0.15, 0.2) is 41.4 Å². The molecule has 0 aliphatic carbocycles. The molecule has 0 saturated carbocycles. The first kappa shape index (κ1) is 18.4. The lowest BCUT2D eigenvalue weighted by molar-refractivity contribution is 0.0991. The Morgan fingerprint density at radius 1 is 1.15 bits per heavy atom. The highest BCUT2D eigenvalue weighted by molar-refractivity contribution is 7.16. The Labute approximate surface area is 163 Å². The number of ketones is 1. The van der Waals surface area contributed by atoms with Crippen molar-refractivity contribution in [2.45, 2.75) is 13.5 Å². The van der Waals surface area contributed by atoms with E-state index in [4.69, 9.17) is 29.6 Å². The number of aromatic nitrogens is 1. The number of fused-ring (bicyclic) bond motifs is 1. The summed E-state index contributed by atoms with van der Waals surface area (Å²) in [6.45, 7) is 1.67. The minimum Gasteiger partial charge on any atom is -0.303 e. The van der Waals surface area contributed by atoms with Crippen molar-refractivity contribution in [2.75, 3.05) is 0 Å². The normalized spacial score (nSPS) is 11.5. The third-order valence-electron chi connectivity index (χ3n) is 3.72. The van der Waals surface area contributed by atoms with Gasteiger partial charge >= 0.3 is 0 Å². The number of nitrogens with zero attached hydrogens (tertiary/aromatic N) is 2. The molecule has 0 atom stereocenters. The quantitative estimate of drug-likeness (QED) is 0.475. The van der Waals surface area contributed by atoms with Crippen LogP contribution in [0.5, 0.6) is 0 Å². The molecular weight excluding hydrogens is 391 g/mol. The van der Waals surface area contributed by atoms with Gasteiger partial charge in [0.15, 0.2) is 10.6 Å². The number of rotatable bonds is 3. The molecule has 0 saturated heterocycles. The van der Waals surface area contributed by atoms with Gasteiger partial charge in [-0.05, 0) is 31.2 Å². The number of carbonyl (C=O) groups is 2. The summed E-state index contributed by atoms with van der Waals surface area (Å²) in [5.41, 5.74) is 1.57. The van der Waals surface area contributed by atoms with Crippen LogP contribution in [0.1, 0.15) is 27.6 Å². The predicted molar refractivity (Wildman–Crippen MR) is 105 cm³/mol. The lowest BCUT2D eigenvalue weighted by Crippen LogP contribution is -2.16. The molecule has 0 radical (unpaired) electrons. The number of hydrogen-bond donors (Lipinski definition) is 0. The Kier molecular flexibility index (Phi) is 5.28. The van der Waals surface area contributed by atoms with E-state index in [1.54, 1.807) is 34.9 Å². The zero-order valence-corrected chi connectivity index (χ0v) is 16.0. The largest absolute Gasteiger partial charge is 0.303 e. The summed E-state index contributed by atoms with van der Waals surface area (Å²) in [7, 11) is 0.